The summed E-state index contributed by atoms with van der Waals surface area (Å²) in [5.41, 5.74) is 0.830. The third-order valence-electron chi connectivity index (χ3n) is 3.86. The van der Waals surface area contributed by atoms with E-state index in [1.165, 1.54) is 0 Å². The van der Waals surface area contributed by atoms with E-state index in [-0.39, 0.29) is 23.3 Å². The number of rotatable bonds is 10. The molecule has 0 unspecified atom stereocenters. The predicted molar refractivity (Wildman–Crippen MR) is 111 cm³/mol. The number of anilines is 1. The molecule has 1 N–H and O–H groups in total. The summed E-state index contributed by atoms with van der Waals surface area (Å²) in [6.07, 6.45) is 3.00. The minimum Gasteiger partial charge on any atom is -0.427 e. The molecule has 0 spiro atoms. The quantitative estimate of drug-likeness (QED) is 0.300. The second kappa shape index (κ2) is 11.7. The lowest BCUT2D eigenvalue weighted by atomic mass is 10.2. The van der Waals surface area contributed by atoms with Crippen molar-refractivity contribution in [3.63, 3.8) is 0 Å². The molecule has 150 valence electrons. The van der Waals surface area contributed by atoms with E-state index in [0.717, 1.165) is 19.4 Å². The Kier molecular flexibility index (Phi) is 9.28. The normalized spacial score (nSPS) is 10.5. The Balaban J connectivity index is 1.81. The molecule has 0 aliphatic carbocycles. The van der Waals surface area contributed by atoms with Gasteiger partial charge in [-0.25, -0.2) is 0 Å². The molecule has 2 aromatic rings. The molecule has 0 radical (unpaired) electrons. The van der Waals surface area contributed by atoms with Crippen molar-refractivity contribution in [1.82, 2.24) is 0 Å². The summed E-state index contributed by atoms with van der Waals surface area (Å²) in [6.45, 7) is 3.36. The van der Waals surface area contributed by atoms with E-state index in [0.29, 0.717) is 35.1 Å². The standard InChI is InChI=1S/C21H23Cl2NO4/c1-2-3-13-27-14-5-8-19(25)28-16-11-9-15(10-12-16)21(26)24-18-7-4-6-17(22)20(18)23/h4,6-7,9-12H,2-3,5,8,13-14H2,1H3,(H,24,26). The number of benzene rings is 2. The first kappa shape index (κ1) is 22.2. The maximum atomic E-state index is 12.3. The monoisotopic (exact) mass is 423 g/mol. The number of esters is 1. The van der Waals surface area contributed by atoms with Crippen molar-refractivity contribution in [2.75, 3.05) is 18.5 Å². The van der Waals surface area contributed by atoms with Crippen LogP contribution in [0.1, 0.15) is 43.0 Å². The average molecular weight is 424 g/mol. The maximum absolute atomic E-state index is 12.3. The van der Waals surface area contributed by atoms with Crippen molar-refractivity contribution in [3.8, 4) is 5.75 Å². The molecule has 0 atom stereocenters. The molecular formula is C21H23Cl2NO4. The van der Waals surface area contributed by atoms with Crippen LogP contribution in [-0.4, -0.2) is 25.1 Å². The summed E-state index contributed by atoms with van der Waals surface area (Å²) in [7, 11) is 0. The summed E-state index contributed by atoms with van der Waals surface area (Å²) in [6, 6.07) is 11.3. The van der Waals surface area contributed by atoms with Crippen LogP contribution >= 0.6 is 23.2 Å². The summed E-state index contributed by atoms with van der Waals surface area (Å²) in [5.74, 6) is -0.289. The topological polar surface area (TPSA) is 64.6 Å². The van der Waals surface area contributed by atoms with Crippen molar-refractivity contribution in [1.29, 1.82) is 0 Å². The second-order valence-electron chi connectivity index (χ2n) is 6.12. The average Bonchev–Trinajstić information content (AvgIpc) is 2.68. The first-order valence-electron chi connectivity index (χ1n) is 9.15. The van der Waals surface area contributed by atoms with E-state index in [1.807, 2.05) is 0 Å². The van der Waals surface area contributed by atoms with Gasteiger partial charge in [0, 0.05) is 25.2 Å². The van der Waals surface area contributed by atoms with E-state index >= 15 is 0 Å². The molecule has 0 heterocycles. The van der Waals surface area contributed by atoms with Crippen molar-refractivity contribution < 1.29 is 19.1 Å². The highest BCUT2D eigenvalue weighted by atomic mass is 35.5. The van der Waals surface area contributed by atoms with Gasteiger partial charge in [-0.2, -0.15) is 0 Å². The molecule has 0 saturated carbocycles. The molecule has 0 saturated heterocycles. The summed E-state index contributed by atoms with van der Waals surface area (Å²) < 4.78 is 10.7. The van der Waals surface area contributed by atoms with Crippen LogP contribution in [0.25, 0.3) is 0 Å². The molecule has 5 nitrogen and oxygen atoms in total. The molecule has 0 bridgehead atoms. The first-order chi connectivity index (χ1) is 13.5. The van der Waals surface area contributed by atoms with Gasteiger partial charge < -0.3 is 14.8 Å². The Morgan fingerprint density at radius 3 is 2.43 bits per heavy atom. The van der Waals surface area contributed by atoms with E-state index in [9.17, 15) is 9.59 Å². The molecule has 28 heavy (non-hydrogen) atoms. The van der Waals surface area contributed by atoms with Crippen LogP contribution in [0, 0.1) is 0 Å². The van der Waals surface area contributed by atoms with E-state index in [4.69, 9.17) is 32.7 Å². The molecule has 0 fully saturated rings. The Morgan fingerprint density at radius 2 is 1.71 bits per heavy atom. The van der Waals surface area contributed by atoms with Crippen LogP contribution in [0.4, 0.5) is 5.69 Å². The van der Waals surface area contributed by atoms with Crippen LogP contribution in [0.2, 0.25) is 10.0 Å². The van der Waals surface area contributed by atoms with E-state index in [1.54, 1.807) is 42.5 Å². The second-order valence-corrected chi connectivity index (χ2v) is 6.91. The van der Waals surface area contributed by atoms with Gasteiger partial charge in [0.05, 0.1) is 15.7 Å². The minimum absolute atomic E-state index is 0.279. The lowest BCUT2D eigenvalue weighted by molar-refractivity contribution is -0.134. The zero-order valence-electron chi connectivity index (χ0n) is 15.7. The fourth-order valence-electron chi connectivity index (χ4n) is 2.32. The third kappa shape index (κ3) is 7.15. The summed E-state index contributed by atoms with van der Waals surface area (Å²) >= 11 is 12.0. The number of nitrogens with one attached hydrogen (secondary N) is 1. The summed E-state index contributed by atoms with van der Waals surface area (Å²) in [5, 5.41) is 3.34. The van der Waals surface area contributed by atoms with Crippen LogP contribution in [-0.2, 0) is 9.53 Å². The fraction of sp³-hybridized carbons (Fsp3) is 0.333. The van der Waals surface area contributed by atoms with Crippen LogP contribution in [0.15, 0.2) is 42.5 Å². The van der Waals surface area contributed by atoms with Crippen molar-refractivity contribution in [2.24, 2.45) is 0 Å². The van der Waals surface area contributed by atoms with E-state index < -0.39 is 0 Å². The molecule has 1 amide bonds. The van der Waals surface area contributed by atoms with Gasteiger partial charge in [-0.3, -0.25) is 9.59 Å². The van der Waals surface area contributed by atoms with Crippen molar-refractivity contribution in [2.45, 2.75) is 32.6 Å². The van der Waals surface area contributed by atoms with Gasteiger partial charge in [-0.15, -0.1) is 0 Å². The highest BCUT2D eigenvalue weighted by Gasteiger charge is 2.11. The third-order valence-corrected chi connectivity index (χ3v) is 4.68. The highest BCUT2D eigenvalue weighted by molar-refractivity contribution is 6.44. The van der Waals surface area contributed by atoms with Gasteiger partial charge in [-0.05, 0) is 49.2 Å². The van der Waals surface area contributed by atoms with Crippen LogP contribution in [0.3, 0.4) is 0 Å². The molecular weight excluding hydrogens is 401 g/mol. The number of ether oxygens (including phenoxy) is 2. The minimum atomic E-state index is -0.341. The zero-order chi connectivity index (χ0) is 20.4. The largest absolute Gasteiger partial charge is 0.427 e. The number of unbranched alkanes of at least 4 members (excludes halogenated alkanes) is 1. The van der Waals surface area contributed by atoms with Gasteiger partial charge in [0.2, 0.25) is 0 Å². The molecule has 0 aliphatic rings. The van der Waals surface area contributed by atoms with Gasteiger partial charge >= 0.3 is 5.97 Å². The van der Waals surface area contributed by atoms with Crippen LogP contribution in [0.5, 0.6) is 5.75 Å². The Morgan fingerprint density at radius 1 is 1.00 bits per heavy atom. The number of carbonyl (C=O) groups is 2. The van der Waals surface area contributed by atoms with Gasteiger partial charge in [0.1, 0.15) is 5.75 Å². The lowest BCUT2D eigenvalue weighted by Crippen LogP contribution is -2.13. The first-order valence-corrected chi connectivity index (χ1v) is 9.90. The predicted octanol–water partition coefficient (Wildman–Crippen LogP) is 5.75. The SMILES string of the molecule is CCCCOCCCC(=O)Oc1ccc(C(=O)Nc2cccc(Cl)c2Cl)cc1. The highest BCUT2D eigenvalue weighted by Crippen LogP contribution is 2.29. The van der Waals surface area contributed by atoms with E-state index in [2.05, 4.69) is 12.2 Å². The lowest BCUT2D eigenvalue weighted by Gasteiger charge is -2.09. The smallest absolute Gasteiger partial charge is 0.311 e. The number of hydrogen-bond acceptors (Lipinski definition) is 4. The molecule has 0 aliphatic heterocycles. The Hall–Kier alpha value is -2.08. The molecule has 7 heteroatoms. The van der Waals surface area contributed by atoms with Gasteiger partial charge in [0.15, 0.2) is 0 Å². The molecule has 2 aromatic carbocycles. The zero-order valence-corrected chi connectivity index (χ0v) is 17.2. The van der Waals surface area contributed by atoms with Crippen molar-refractivity contribution in [3.05, 3.63) is 58.1 Å². The molecule has 0 aromatic heterocycles. The van der Waals surface area contributed by atoms with Gasteiger partial charge in [-0.1, -0.05) is 42.6 Å². The van der Waals surface area contributed by atoms with Crippen LogP contribution < -0.4 is 10.1 Å². The summed E-state index contributed by atoms with van der Waals surface area (Å²) in [4.78, 5) is 24.2. The number of amides is 1. The molecule has 2 rings (SSSR count). The fourth-order valence-corrected chi connectivity index (χ4v) is 2.67. The number of hydrogen-bond donors (Lipinski definition) is 1. The Bertz CT molecular complexity index is 793. The number of carbonyl (C=O) groups excluding carboxylic acids is 2. The van der Waals surface area contributed by atoms with Gasteiger partial charge in [0.25, 0.3) is 5.91 Å². The Labute approximate surface area is 174 Å². The number of halogens is 2. The maximum Gasteiger partial charge on any atom is 0.311 e. The van der Waals surface area contributed by atoms with Crippen molar-refractivity contribution >= 4 is 40.8 Å².